The van der Waals surface area contributed by atoms with Crippen LogP contribution in [-0.4, -0.2) is 21.6 Å². The Morgan fingerprint density at radius 3 is 2.50 bits per heavy atom. The molecule has 0 aromatic rings. The van der Waals surface area contributed by atoms with Gasteiger partial charge in [-0.25, -0.2) is 0 Å². The second kappa shape index (κ2) is 5.79. The van der Waals surface area contributed by atoms with Crippen LogP contribution in [0.5, 0.6) is 0 Å². The van der Waals surface area contributed by atoms with Crippen LogP contribution in [0.1, 0.15) is 0 Å². The third-order valence-corrected chi connectivity index (χ3v) is 1.95. The Bertz CT molecular complexity index is 264. The molecule has 12 heavy (non-hydrogen) atoms. The van der Waals surface area contributed by atoms with Gasteiger partial charge >= 0.3 is 94.7 Å². The van der Waals surface area contributed by atoms with E-state index in [9.17, 15) is 4.79 Å². The number of hydrogen-bond donors (Lipinski definition) is 0. The molecular weight excluding hydrogens is 417 g/mol. The predicted octanol–water partition coefficient (Wildman–Crippen LogP) is 1.38. The number of aliphatic imine (C=N–C) groups is 1. The topological polar surface area (TPSA) is 38.7 Å². The Morgan fingerprint density at radius 2 is 2.25 bits per heavy atom. The van der Waals surface area contributed by atoms with Gasteiger partial charge in [-0.15, -0.1) is 0 Å². The van der Waals surface area contributed by atoms with Crippen LogP contribution >= 0.6 is 27.5 Å². The van der Waals surface area contributed by atoms with Crippen molar-refractivity contribution in [2.75, 3.05) is 7.11 Å². The summed E-state index contributed by atoms with van der Waals surface area (Å²) in [5, 5.41) is 0.0496. The molecule has 0 aliphatic carbocycles. The first-order valence-electron chi connectivity index (χ1n) is 2.70. The Balaban J connectivity index is 4.79. The van der Waals surface area contributed by atoms with E-state index in [0.717, 1.165) is 19.4 Å². The molecule has 0 aliphatic heterocycles. The van der Waals surface area contributed by atoms with Crippen LogP contribution in [0.15, 0.2) is 16.7 Å². The molecular formula is C6H5BrClNO2W. The zero-order valence-corrected chi connectivity index (χ0v) is 11.4. The quantitative estimate of drug-likeness (QED) is 0.392. The van der Waals surface area contributed by atoms with Crippen molar-refractivity contribution in [3.05, 3.63) is 11.7 Å². The zero-order valence-electron chi connectivity index (χ0n) is 6.13. The summed E-state index contributed by atoms with van der Waals surface area (Å²) < 4.78 is 5.10. The maximum atomic E-state index is 11.0. The Hall–Kier alpha value is 0.208. The van der Waals surface area contributed by atoms with Crippen molar-refractivity contribution in [1.82, 2.24) is 0 Å². The fourth-order valence-corrected chi connectivity index (χ4v) is 1.19. The van der Waals surface area contributed by atoms with E-state index in [1.807, 2.05) is 0 Å². The van der Waals surface area contributed by atoms with Crippen molar-refractivity contribution in [2.24, 2.45) is 4.99 Å². The summed E-state index contributed by atoms with van der Waals surface area (Å²) in [4.78, 5) is 14.7. The minimum atomic E-state index is -0.529. The summed E-state index contributed by atoms with van der Waals surface area (Å²) in [5.41, 5.74) is 0.160. The summed E-state index contributed by atoms with van der Waals surface area (Å²) in [6.07, 6.45) is 0. The SMILES string of the molecule is C=C(Cl)/N=C(/C(=O)OC)[C](Br)=[W]. The minimum absolute atomic E-state index is 0.0496. The second-order valence-electron chi connectivity index (χ2n) is 1.60. The molecule has 0 saturated heterocycles. The van der Waals surface area contributed by atoms with E-state index in [-0.39, 0.29) is 10.9 Å². The monoisotopic (exact) mass is 421 g/mol. The first-order valence-corrected chi connectivity index (χ1v) is 5.34. The van der Waals surface area contributed by atoms with E-state index in [1.54, 1.807) is 0 Å². The molecule has 0 heterocycles. The number of rotatable bonds is 3. The Morgan fingerprint density at radius 1 is 1.75 bits per heavy atom. The molecule has 66 valence electrons. The van der Waals surface area contributed by atoms with Crippen molar-refractivity contribution in [2.45, 2.75) is 0 Å². The molecule has 0 spiro atoms. The standard InChI is InChI=1S/C6H5BrClNO2.W/c1-4(8)9-5(3-7)6(10)11-2;/h1H2,2H3;/b9-5+;. The summed E-state index contributed by atoms with van der Waals surface area (Å²) >= 11 is 9.60. The van der Waals surface area contributed by atoms with Gasteiger partial charge in [-0.1, -0.05) is 0 Å². The van der Waals surface area contributed by atoms with Gasteiger partial charge in [0.2, 0.25) is 0 Å². The van der Waals surface area contributed by atoms with Crippen LogP contribution in [0, 0.1) is 0 Å². The summed E-state index contributed by atoms with van der Waals surface area (Å²) in [7, 11) is 1.28. The fraction of sp³-hybridized carbons (Fsp3) is 0.167. The molecule has 6 heteroatoms. The van der Waals surface area contributed by atoms with E-state index >= 15 is 0 Å². The molecule has 0 bridgehead atoms. The molecule has 0 saturated carbocycles. The number of ether oxygens (including phenoxy) is 1. The van der Waals surface area contributed by atoms with Gasteiger partial charge in [0, 0.05) is 0 Å². The molecule has 3 nitrogen and oxygen atoms in total. The zero-order chi connectivity index (χ0) is 9.72. The number of carbonyl (C=O) groups is 1. The van der Waals surface area contributed by atoms with Crippen molar-refractivity contribution in [3.63, 3.8) is 0 Å². The van der Waals surface area contributed by atoms with Crippen molar-refractivity contribution < 1.29 is 28.9 Å². The van der Waals surface area contributed by atoms with Crippen LogP contribution in [-0.2, 0) is 28.9 Å². The average molecular weight is 422 g/mol. The first-order chi connectivity index (χ1) is 5.49. The molecule has 0 radical (unpaired) electrons. The number of esters is 1. The predicted molar refractivity (Wildman–Crippen MR) is 48.4 cm³/mol. The first kappa shape index (κ1) is 12.2. The van der Waals surface area contributed by atoms with E-state index in [2.05, 4.69) is 32.2 Å². The molecule has 0 unspecified atom stereocenters. The van der Waals surface area contributed by atoms with Crippen molar-refractivity contribution >= 4 is 42.0 Å². The number of hydrogen-bond acceptors (Lipinski definition) is 3. The van der Waals surface area contributed by atoms with E-state index in [0.29, 0.717) is 2.81 Å². The van der Waals surface area contributed by atoms with E-state index in [4.69, 9.17) is 11.6 Å². The van der Waals surface area contributed by atoms with E-state index in [1.165, 1.54) is 7.11 Å². The van der Waals surface area contributed by atoms with Crippen LogP contribution < -0.4 is 0 Å². The van der Waals surface area contributed by atoms with Crippen LogP contribution in [0.2, 0.25) is 0 Å². The Labute approximate surface area is 94.4 Å². The van der Waals surface area contributed by atoms with Crippen LogP contribution in [0.25, 0.3) is 0 Å². The normalized spacial score (nSPS) is 10.8. The third kappa shape index (κ3) is 4.29. The molecule has 0 N–H and O–H groups in total. The number of methoxy groups -OCH3 is 1. The number of nitrogens with zero attached hydrogens (tertiary/aromatic N) is 1. The van der Waals surface area contributed by atoms with E-state index < -0.39 is 5.97 Å². The molecule has 0 aromatic carbocycles. The summed E-state index contributed by atoms with van der Waals surface area (Å²) in [6.45, 7) is 3.34. The second-order valence-corrected chi connectivity index (χ2v) is 6.37. The van der Waals surface area contributed by atoms with Gasteiger partial charge in [-0.3, -0.25) is 0 Å². The van der Waals surface area contributed by atoms with Gasteiger partial charge in [0.15, 0.2) is 0 Å². The van der Waals surface area contributed by atoms with Crippen molar-refractivity contribution in [1.29, 1.82) is 0 Å². The summed E-state index contributed by atoms with van der Waals surface area (Å²) in [5.74, 6) is -0.529. The van der Waals surface area contributed by atoms with Gasteiger partial charge in [0.1, 0.15) is 0 Å². The van der Waals surface area contributed by atoms with Crippen LogP contribution in [0.4, 0.5) is 0 Å². The molecule has 0 fully saturated rings. The van der Waals surface area contributed by atoms with Gasteiger partial charge in [-0.2, -0.15) is 0 Å². The molecule has 0 atom stereocenters. The van der Waals surface area contributed by atoms with Gasteiger partial charge in [0.05, 0.1) is 0 Å². The fourth-order valence-electron chi connectivity index (χ4n) is 0.388. The van der Waals surface area contributed by atoms with Gasteiger partial charge < -0.3 is 0 Å². The van der Waals surface area contributed by atoms with Gasteiger partial charge in [0.25, 0.3) is 0 Å². The van der Waals surface area contributed by atoms with Crippen molar-refractivity contribution in [3.8, 4) is 0 Å². The molecule has 0 amide bonds. The molecule has 0 aromatic heterocycles. The van der Waals surface area contributed by atoms with Crippen LogP contribution in [0.3, 0.4) is 0 Å². The third-order valence-electron chi connectivity index (χ3n) is 0.798. The average Bonchev–Trinajstić information content (AvgIpc) is 1.98. The number of halogens is 2. The number of carbonyl (C=O) groups excluding carboxylic acids is 1. The summed E-state index contributed by atoms with van der Waals surface area (Å²) in [6, 6.07) is 0. The van der Waals surface area contributed by atoms with Gasteiger partial charge in [-0.05, 0) is 0 Å². The maximum absolute atomic E-state index is 11.0. The molecule has 0 aliphatic rings. The Kier molecular flexibility index (Phi) is 5.89. The molecule has 0 rings (SSSR count).